The van der Waals surface area contributed by atoms with Crippen molar-refractivity contribution >= 4 is 0 Å². The summed E-state index contributed by atoms with van der Waals surface area (Å²) >= 11 is 0. The predicted octanol–water partition coefficient (Wildman–Crippen LogP) is 3.76. The standard InChI is InChI=1S/C15H22FN/c1-11(2)10-15(7-4-8-17-15)13-5-6-14(16)12(3)9-13/h5-6,9,11,17H,4,7-8,10H2,1-3H3. The molecule has 1 nitrogen and oxygen atoms in total. The largest absolute Gasteiger partial charge is 0.307 e. The highest BCUT2D eigenvalue weighted by Gasteiger charge is 2.35. The van der Waals surface area contributed by atoms with E-state index in [0.717, 1.165) is 24.9 Å². The summed E-state index contributed by atoms with van der Waals surface area (Å²) in [6.45, 7) is 7.41. The Labute approximate surface area is 103 Å². The Hall–Kier alpha value is -0.890. The van der Waals surface area contributed by atoms with Crippen LogP contribution in [0, 0.1) is 18.7 Å². The molecule has 1 atom stereocenters. The third kappa shape index (κ3) is 2.52. The maximum atomic E-state index is 13.4. The third-order valence-corrected chi connectivity index (χ3v) is 3.71. The van der Waals surface area contributed by atoms with Crippen molar-refractivity contribution in [2.24, 2.45) is 5.92 Å². The van der Waals surface area contributed by atoms with Crippen LogP contribution in [0.5, 0.6) is 0 Å². The van der Waals surface area contributed by atoms with Crippen molar-refractivity contribution in [3.8, 4) is 0 Å². The summed E-state index contributed by atoms with van der Waals surface area (Å²) in [7, 11) is 0. The van der Waals surface area contributed by atoms with Crippen LogP contribution in [0.4, 0.5) is 4.39 Å². The van der Waals surface area contributed by atoms with Gasteiger partial charge in [0.2, 0.25) is 0 Å². The maximum Gasteiger partial charge on any atom is 0.126 e. The number of rotatable bonds is 3. The number of nitrogens with one attached hydrogen (secondary N) is 1. The molecule has 1 saturated heterocycles. The van der Waals surface area contributed by atoms with Crippen molar-refractivity contribution in [1.82, 2.24) is 5.32 Å². The van der Waals surface area contributed by atoms with E-state index < -0.39 is 0 Å². The molecule has 2 rings (SSSR count). The molecular weight excluding hydrogens is 213 g/mol. The molecule has 1 N–H and O–H groups in total. The van der Waals surface area contributed by atoms with Gasteiger partial charge in [-0.1, -0.05) is 26.0 Å². The highest BCUT2D eigenvalue weighted by atomic mass is 19.1. The van der Waals surface area contributed by atoms with Gasteiger partial charge in [0.15, 0.2) is 0 Å². The van der Waals surface area contributed by atoms with Crippen molar-refractivity contribution in [3.63, 3.8) is 0 Å². The first kappa shape index (κ1) is 12.6. The summed E-state index contributed by atoms with van der Waals surface area (Å²) in [6.07, 6.45) is 3.50. The smallest absolute Gasteiger partial charge is 0.126 e. The first-order valence-corrected chi connectivity index (χ1v) is 6.55. The molecule has 1 unspecified atom stereocenters. The number of hydrogen-bond donors (Lipinski definition) is 1. The van der Waals surface area contributed by atoms with Crippen LogP contribution in [0.1, 0.15) is 44.2 Å². The zero-order valence-corrected chi connectivity index (χ0v) is 11.0. The summed E-state index contributed by atoms with van der Waals surface area (Å²) in [4.78, 5) is 0. The number of halogens is 1. The average molecular weight is 235 g/mol. The molecule has 94 valence electrons. The summed E-state index contributed by atoms with van der Waals surface area (Å²) in [5, 5.41) is 3.64. The average Bonchev–Trinajstić information content (AvgIpc) is 2.70. The molecule has 0 radical (unpaired) electrons. The maximum absolute atomic E-state index is 13.4. The zero-order valence-electron chi connectivity index (χ0n) is 11.0. The van der Waals surface area contributed by atoms with Gasteiger partial charge in [-0.15, -0.1) is 0 Å². The highest BCUT2D eigenvalue weighted by molar-refractivity contribution is 5.31. The predicted molar refractivity (Wildman–Crippen MR) is 69.5 cm³/mol. The molecule has 1 aliphatic rings. The zero-order chi connectivity index (χ0) is 12.5. The summed E-state index contributed by atoms with van der Waals surface area (Å²) in [5.41, 5.74) is 2.08. The lowest BCUT2D eigenvalue weighted by Gasteiger charge is -2.32. The third-order valence-electron chi connectivity index (χ3n) is 3.71. The van der Waals surface area contributed by atoms with E-state index in [-0.39, 0.29) is 11.4 Å². The van der Waals surface area contributed by atoms with Gasteiger partial charge in [0.1, 0.15) is 5.82 Å². The fourth-order valence-electron chi connectivity index (χ4n) is 2.98. The minimum absolute atomic E-state index is 0.0760. The quantitative estimate of drug-likeness (QED) is 0.841. The molecule has 2 heteroatoms. The van der Waals surface area contributed by atoms with Gasteiger partial charge in [-0.05, 0) is 55.8 Å². The molecule has 1 heterocycles. The fraction of sp³-hybridized carbons (Fsp3) is 0.600. The second-order valence-corrected chi connectivity index (χ2v) is 5.67. The van der Waals surface area contributed by atoms with E-state index in [9.17, 15) is 4.39 Å². The Kier molecular flexibility index (Phi) is 3.53. The van der Waals surface area contributed by atoms with Crippen molar-refractivity contribution in [1.29, 1.82) is 0 Å². The topological polar surface area (TPSA) is 12.0 Å². The number of hydrogen-bond acceptors (Lipinski definition) is 1. The second-order valence-electron chi connectivity index (χ2n) is 5.67. The Morgan fingerprint density at radius 2 is 2.18 bits per heavy atom. The van der Waals surface area contributed by atoms with Gasteiger partial charge in [0, 0.05) is 5.54 Å². The molecule has 17 heavy (non-hydrogen) atoms. The van der Waals surface area contributed by atoms with Gasteiger partial charge < -0.3 is 5.32 Å². The lowest BCUT2D eigenvalue weighted by Crippen LogP contribution is -2.38. The van der Waals surface area contributed by atoms with Gasteiger partial charge >= 0.3 is 0 Å². The van der Waals surface area contributed by atoms with Gasteiger partial charge in [-0.3, -0.25) is 0 Å². The van der Waals surface area contributed by atoms with Gasteiger partial charge in [0.05, 0.1) is 0 Å². The fourth-order valence-corrected chi connectivity index (χ4v) is 2.98. The minimum atomic E-state index is -0.105. The molecule has 1 aliphatic heterocycles. The molecular formula is C15H22FN. The molecule has 0 aliphatic carbocycles. The summed E-state index contributed by atoms with van der Waals surface area (Å²) < 4.78 is 13.4. The van der Waals surface area contributed by atoms with Crippen LogP contribution in [0.15, 0.2) is 18.2 Å². The molecule has 0 aromatic heterocycles. The number of aryl methyl sites for hydroxylation is 1. The van der Waals surface area contributed by atoms with Crippen LogP contribution in [-0.2, 0) is 5.54 Å². The Morgan fingerprint density at radius 3 is 2.71 bits per heavy atom. The van der Waals surface area contributed by atoms with Gasteiger partial charge in [0.25, 0.3) is 0 Å². The molecule has 1 aromatic rings. The summed E-state index contributed by atoms with van der Waals surface area (Å²) in [6, 6.07) is 5.56. The minimum Gasteiger partial charge on any atom is -0.307 e. The summed E-state index contributed by atoms with van der Waals surface area (Å²) in [5.74, 6) is 0.539. The molecule has 0 amide bonds. The van der Waals surface area contributed by atoms with Crippen LogP contribution in [0.2, 0.25) is 0 Å². The number of benzene rings is 1. The normalized spacial score (nSPS) is 24.5. The highest BCUT2D eigenvalue weighted by Crippen LogP contribution is 2.37. The van der Waals surface area contributed by atoms with Crippen LogP contribution in [0.25, 0.3) is 0 Å². The van der Waals surface area contributed by atoms with E-state index in [2.05, 4.69) is 19.2 Å². The van der Waals surface area contributed by atoms with Crippen molar-refractivity contribution in [2.45, 2.75) is 45.6 Å². The van der Waals surface area contributed by atoms with Crippen molar-refractivity contribution in [2.75, 3.05) is 6.54 Å². The monoisotopic (exact) mass is 235 g/mol. The van der Waals surface area contributed by atoms with Crippen LogP contribution in [0.3, 0.4) is 0 Å². The van der Waals surface area contributed by atoms with E-state index in [0.29, 0.717) is 5.92 Å². The van der Waals surface area contributed by atoms with Gasteiger partial charge in [-0.25, -0.2) is 4.39 Å². The molecule has 1 aromatic carbocycles. The van der Waals surface area contributed by atoms with Crippen LogP contribution < -0.4 is 5.32 Å². The van der Waals surface area contributed by atoms with Gasteiger partial charge in [-0.2, -0.15) is 0 Å². The van der Waals surface area contributed by atoms with Crippen LogP contribution in [-0.4, -0.2) is 6.54 Å². The van der Waals surface area contributed by atoms with Crippen molar-refractivity contribution in [3.05, 3.63) is 35.1 Å². The first-order valence-electron chi connectivity index (χ1n) is 6.55. The van der Waals surface area contributed by atoms with E-state index in [1.807, 2.05) is 19.1 Å². The second kappa shape index (κ2) is 4.77. The van der Waals surface area contributed by atoms with E-state index in [4.69, 9.17) is 0 Å². The first-order chi connectivity index (χ1) is 8.03. The molecule has 0 spiro atoms. The van der Waals surface area contributed by atoms with E-state index >= 15 is 0 Å². The molecule has 0 saturated carbocycles. The lowest BCUT2D eigenvalue weighted by molar-refractivity contribution is 0.310. The van der Waals surface area contributed by atoms with E-state index in [1.165, 1.54) is 12.0 Å². The Morgan fingerprint density at radius 1 is 1.41 bits per heavy atom. The van der Waals surface area contributed by atoms with Crippen molar-refractivity contribution < 1.29 is 4.39 Å². The molecule has 1 fully saturated rings. The lowest BCUT2D eigenvalue weighted by atomic mass is 9.81. The van der Waals surface area contributed by atoms with E-state index in [1.54, 1.807) is 6.07 Å². The Bertz CT molecular complexity index is 392. The Balaban J connectivity index is 2.35. The van der Waals surface area contributed by atoms with Crippen LogP contribution >= 0.6 is 0 Å². The SMILES string of the molecule is Cc1cc(C2(CC(C)C)CCCN2)ccc1F. The molecule has 0 bridgehead atoms.